The summed E-state index contributed by atoms with van der Waals surface area (Å²) in [6.07, 6.45) is 0.0401. The van der Waals surface area contributed by atoms with Crippen molar-refractivity contribution < 1.29 is 9.59 Å². The Balaban J connectivity index is 2.04. The molecule has 104 valence electrons. The monoisotopic (exact) mass is 273 g/mol. The lowest BCUT2D eigenvalue weighted by molar-refractivity contribution is -0.127. The van der Waals surface area contributed by atoms with E-state index in [4.69, 9.17) is 5.53 Å². The van der Waals surface area contributed by atoms with Crippen LogP contribution in [0.25, 0.3) is 10.4 Å². The molecular formula is C13H15N5O2. The summed E-state index contributed by atoms with van der Waals surface area (Å²) in [5, 5.41) is 3.45. The molecule has 7 heteroatoms. The molecule has 3 amide bonds. The average Bonchev–Trinajstić information content (AvgIpc) is 2.82. The number of hydrogen-bond donors (Lipinski definition) is 0. The van der Waals surface area contributed by atoms with Gasteiger partial charge in [-0.2, -0.15) is 0 Å². The summed E-state index contributed by atoms with van der Waals surface area (Å²) in [5.74, 6) is -0.312. The van der Waals surface area contributed by atoms with Gasteiger partial charge >= 0.3 is 6.03 Å². The number of hydrogen-bond acceptors (Lipinski definition) is 3. The van der Waals surface area contributed by atoms with Gasteiger partial charge in [0.2, 0.25) is 5.91 Å². The van der Waals surface area contributed by atoms with Crippen LogP contribution in [0.5, 0.6) is 0 Å². The Morgan fingerprint density at radius 3 is 2.75 bits per heavy atom. The fraction of sp³-hybridized carbons (Fsp3) is 0.385. The van der Waals surface area contributed by atoms with E-state index < -0.39 is 6.04 Å². The van der Waals surface area contributed by atoms with Crippen LogP contribution in [0.4, 0.5) is 10.5 Å². The van der Waals surface area contributed by atoms with Crippen LogP contribution >= 0.6 is 0 Å². The number of nitrogens with zero attached hydrogens (tertiary/aromatic N) is 5. The molecule has 0 N–H and O–H groups in total. The molecule has 0 aliphatic carbocycles. The van der Waals surface area contributed by atoms with E-state index in [0.717, 1.165) is 5.69 Å². The van der Waals surface area contributed by atoms with E-state index in [9.17, 15) is 9.59 Å². The first-order valence-electron chi connectivity index (χ1n) is 6.34. The number of urea groups is 1. The summed E-state index contributed by atoms with van der Waals surface area (Å²) in [6.45, 7) is 2.48. The Labute approximate surface area is 116 Å². The SMILES string of the molecule is C[C@H](CC(=O)N1CCN(c2ccccc2)C1=O)N=[N+]=[N-]. The second kappa shape index (κ2) is 6.08. The summed E-state index contributed by atoms with van der Waals surface area (Å²) in [5.41, 5.74) is 9.09. The molecule has 2 rings (SSSR count). The summed E-state index contributed by atoms with van der Waals surface area (Å²) in [4.78, 5) is 29.7. The molecule has 1 aliphatic rings. The average molecular weight is 273 g/mol. The van der Waals surface area contributed by atoms with Crippen LogP contribution in [0.2, 0.25) is 0 Å². The van der Waals surface area contributed by atoms with Crippen molar-refractivity contribution in [2.75, 3.05) is 18.0 Å². The molecule has 0 spiro atoms. The molecule has 0 saturated carbocycles. The third kappa shape index (κ3) is 2.89. The van der Waals surface area contributed by atoms with Gasteiger partial charge < -0.3 is 0 Å². The molecule has 1 heterocycles. The lowest BCUT2D eigenvalue weighted by Crippen LogP contribution is -2.37. The minimum Gasteiger partial charge on any atom is -0.292 e. The van der Waals surface area contributed by atoms with Gasteiger partial charge in [0.1, 0.15) is 0 Å². The fourth-order valence-electron chi connectivity index (χ4n) is 2.11. The van der Waals surface area contributed by atoms with Crippen molar-refractivity contribution in [3.05, 3.63) is 40.8 Å². The fourth-order valence-corrected chi connectivity index (χ4v) is 2.11. The van der Waals surface area contributed by atoms with E-state index in [-0.39, 0.29) is 18.4 Å². The number of imide groups is 1. The van der Waals surface area contributed by atoms with Crippen molar-refractivity contribution in [1.29, 1.82) is 0 Å². The number of anilines is 1. The molecule has 1 atom stereocenters. The predicted octanol–water partition coefficient (Wildman–Crippen LogP) is 2.54. The quantitative estimate of drug-likeness (QED) is 0.479. The zero-order chi connectivity index (χ0) is 14.5. The highest BCUT2D eigenvalue weighted by atomic mass is 16.2. The molecule has 0 aromatic heterocycles. The van der Waals surface area contributed by atoms with Crippen molar-refractivity contribution in [3.63, 3.8) is 0 Å². The summed E-state index contributed by atoms with van der Waals surface area (Å²) >= 11 is 0. The molecule has 0 radical (unpaired) electrons. The van der Waals surface area contributed by atoms with E-state index in [1.807, 2.05) is 30.3 Å². The number of carbonyl (C=O) groups excluding carboxylic acids is 2. The number of rotatable bonds is 4. The van der Waals surface area contributed by atoms with Crippen LogP contribution in [-0.4, -0.2) is 36.0 Å². The van der Waals surface area contributed by atoms with E-state index in [0.29, 0.717) is 13.1 Å². The first-order chi connectivity index (χ1) is 9.63. The van der Waals surface area contributed by atoms with Gasteiger partial charge in [-0.25, -0.2) is 4.79 Å². The van der Waals surface area contributed by atoms with Crippen molar-refractivity contribution in [2.45, 2.75) is 19.4 Å². The summed E-state index contributed by atoms with van der Waals surface area (Å²) in [7, 11) is 0. The van der Waals surface area contributed by atoms with Crippen molar-refractivity contribution in [3.8, 4) is 0 Å². The lowest BCUT2D eigenvalue weighted by Gasteiger charge is -2.18. The normalized spacial score (nSPS) is 15.9. The van der Waals surface area contributed by atoms with Crippen molar-refractivity contribution in [2.24, 2.45) is 5.11 Å². The molecule has 0 bridgehead atoms. The Hall–Kier alpha value is -2.53. The van der Waals surface area contributed by atoms with Crippen LogP contribution in [0.1, 0.15) is 13.3 Å². The number of azide groups is 1. The summed E-state index contributed by atoms with van der Waals surface area (Å²) < 4.78 is 0. The second-order valence-corrected chi connectivity index (χ2v) is 4.57. The first kappa shape index (κ1) is 13.9. The van der Waals surface area contributed by atoms with E-state index >= 15 is 0 Å². The highest BCUT2D eigenvalue weighted by Gasteiger charge is 2.33. The number of benzene rings is 1. The van der Waals surface area contributed by atoms with Crippen molar-refractivity contribution in [1.82, 2.24) is 4.90 Å². The lowest BCUT2D eigenvalue weighted by atomic mass is 10.2. The van der Waals surface area contributed by atoms with Gasteiger partial charge in [-0.3, -0.25) is 14.6 Å². The first-order valence-corrected chi connectivity index (χ1v) is 6.34. The molecule has 7 nitrogen and oxygen atoms in total. The smallest absolute Gasteiger partial charge is 0.292 e. The standard InChI is InChI=1S/C13H15N5O2/c1-10(15-16-14)9-12(19)18-8-7-17(13(18)20)11-5-3-2-4-6-11/h2-6,10H,7-9H2,1H3/t10-/m1/s1. The van der Waals surface area contributed by atoms with Gasteiger partial charge in [0, 0.05) is 36.2 Å². The minimum absolute atomic E-state index is 0.0401. The maximum absolute atomic E-state index is 12.2. The maximum atomic E-state index is 12.2. The molecule has 1 aliphatic heterocycles. The van der Waals surface area contributed by atoms with Gasteiger partial charge in [-0.1, -0.05) is 30.2 Å². The molecule has 1 aromatic rings. The summed E-state index contributed by atoms with van der Waals surface area (Å²) in [6, 6.07) is 8.44. The Kier molecular flexibility index (Phi) is 4.22. The van der Waals surface area contributed by atoms with Crippen LogP contribution < -0.4 is 4.90 Å². The topological polar surface area (TPSA) is 89.4 Å². The Morgan fingerprint density at radius 1 is 1.40 bits per heavy atom. The number of amides is 3. The van der Waals surface area contributed by atoms with Crippen molar-refractivity contribution >= 4 is 17.6 Å². The van der Waals surface area contributed by atoms with Gasteiger partial charge in [0.05, 0.1) is 0 Å². The van der Waals surface area contributed by atoms with E-state index in [1.165, 1.54) is 4.90 Å². The molecular weight excluding hydrogens is 258 g/mol. The molecule has 1 aromatic carbocycles. The van der Waals surface area contributed by atoms with Crippen LogP contribution in [0, 0.1) is 0 Å². The van der Waals surface area contributed by atoms with Gasteiger partial charge in [0.25, 0.3) is 0 Å². The second-order valence-electron chi connectivity index (χ2n) is 4.57. The van der Waals surface area contributed by atoms with E-state index in [2.05, 4.69) is 10.0 Å². The Bertz CT molecular complexity index is 553. The van der Waals surface area contributed by atoms with Gasteiger partial charge in [0.15, 0.2) is 0 Å². The third-order valence-electron chi connectivity index (χ3n) is 3.10. The van der Waals surface area contributed by atoms with Crippen LogP contribution in [-0.2, 0) is 4.79 Å². The third-order valence-corrected chi connectivity index (χ3v) is 3.10. The highest BCUT2D eigenvalue weighted by Crippen LogP contribution is 2.20. The molecule has 0 unspecified atom stereocenters. The van der Waals surface area contributed by atoms with Gasteiger partial charge in [-0.15, -0.1) is 0 Å². The molecule has 20 heavy (non-hydrogen) atoms. The van der Waals surface area contributed by atoms with Gasteiger partial charge in [-0.05, 0) is 17.7 Å². The maximum Gasteiger partial charge on any atom is 0.331 e. The Morgan fingerprint density at radius 2 is 2.10 bits per heavy atom. The van der Waals surface area contributed by atoms with Crippen LogP contribution in [0.15, 0.2) is 35.4 Å². The highest BCUT2D eigenvalue weighted by molar-refractivity contribution is 6.04. The number of para-hydroxylation sites is 1. The predicted molar refractivity (Wildman–Crippen MR) is 74.1 cm³/mol. The molecule has 1 saturated heterocycles. The van der Waals surface area contributed by atoms with Crippen LogP contribution in [0.3, 0.4) is 0 Å². The zero-order valence-electron chi connectivity index (χ0n) is 11.1. The minimum atomic E-state index is -0.453. The van der Waals surface area contributed by atoms with E-state index in [1.54, 1.807) is 11.8 Å². The number of carbonyl (C=O) groups is 2. The zero-order valence-corrected chi connectivity index (χ0v) is 11.1. The molecule has 1 fully saturated rings. The largest absolute Gasteiger partial charge is 0.331 e.